The molecule has 0 atom stereocenters. The number of methoxy groups -OCH3 is 1. The highest BCUT2D eigenvalue weighted by molar-refractivity contribution is 9.10. The number of carbonyl (C=O) groups is 1. The van der Waals surface area contributed by atoms with E-state index in [0.29, 0.717) is 11.3 Å². The monoisotopic (exact) mass is 255 g/mol. The van der Waals surface area contributed by atoms with Crippen LogP contribution in [0.2, 0.25) is 0 Å². The van der Waals surface area contributed by atoms with E-state index in [4.69, 9.17) is 4.42 Å². The molecule has 0 fully saturated rings. The van der Waals surface area contributed by atoms with Gasteiger partial charge in [-0.05, 0) is 22.0 Å². The molecule has 0 aliphatic heterocycles. The number of aromatic nitrogens is 1. The highest BCUT2D eigenvalue weighted by Gasteiger charge is 2.10. The summed E-state index contributed by atoms with van der Waals surface area (Å²) in [5, 5.41) is 0.757. The third-order valence-electron chi connectivity index (χ3n) is 1.80. The van der Waals surface area contributed by atoms with Crippen molar-refractivity contribution in [1.82, 2.24) is 4.98 Å². The van der Waals surface area contributed by atoms with E-state index in [2.05, 4.69) is 25.7 Å². The standard InChI is InChI=1S/C9H6BrNO3/c1-13-9(12)5-2-6-7(10)4-14-8(6)11-3-5/h2-4H,1H3. The van der Waals surface area contributed by atoms with E-state index < -0.39 is 5.97 Å². The molecular formula is C9H6BrNO3. The second-order valence-electron chi connectivity index (χ2n) is 2.65. The molecule has 0 unspecified atom stereocenters. The molecule has 0 N–H and O–H groups in total. The summed E-state index contributed by atoms with van der Waals surface area (Å²) in [6.45, 7) is 0. The van der Waals surface area contributed by atoms with Crippen molar-refractivity contribution in [2.24, 2.45) is 0 Å². The predicted molar refractivity (Wildman–Crippen MR) is 53.0 cm³/mol. The molecule has 0 aliphatic rings. The van der Waals surface area contributed by atoms with Crippen molar-refractivity contribution < 1.29 is 13.9 Å². The van der Waals surface area contributed by atoms with Gasteiger partial charge in [-0.1, -0.05) is 0 Å². The van der Waals surface area contributed by atoms with Gasteiger partial charge in [0.2, 0.25) is 5.71 Å². The molecule has 0 bridgehead atoms. The lowest BCUT2D eigenvalue weighted by Crippen LogP contribution is -2.01. The number of pyridine rings is 1. The van der Waals surface area contributed by atoms with E-state index in [9.17, 15) is 4.79 Å². The molecular weight excluding hydrogens is 250 g/mol. The summed E-state index contributed by atoms with van der Waals surface area (Å²) in [5.74, 6) is -0.410. The average molecular weight is 256 g/mol. The quantitative estimate of drug-likeness (QED) is 0.735. The second-order valence-corrected chi connectivity index (χ2v) is 3.51. The summed E-state index contributed by atoms with van der Waals surface area (Å²) >= 11 is 3.29. The van der Waals surface area contributed by atoms with Crippen molar-refractivity contribution >= 4 is 33.0 Å². The van der Waals surface area contributed by atoms with Gasteiger partial charge in [-0.2, -0.15) is 0 Å². The molecule has 14 heavy (non-hydrogen) atoms. The number of carbonyl (C=O) groups excluding carboxylic acids is 1. The third-order valence-corrected chi connectivity index (χ3v) is 2.42. The first-order chi connectivity index (χ1) is 6.72. The van der Waals surface area contributed by atoms with Crippen molar-refractivity contribution in [1.29, 1.82) is 0 Å². The van der Waals surface area contributed by atoms with Crippen LogP contribution in [0.5, 0.6) is 0 Å². The van der Waals surface area contributed by atoms with Crippen molar-refractivity contribution in [3.63, 3.8) is 0 Å². The van der Waals surface area contributed by atoms with Crippen LogP contribution in [0.1, 0.15) is 10.4 Å². The van der Waals surface area contributed by atoms with Gasteiger partial charge in [0.1, 0.15) is 6.26 Å². The van der Waals surface area contributed by atoms with Gasteiger partial charge in [0.05, 0.1) is 22.5 Å². The number of furan rings is 1. The second kappa shape index (κ2) is 3.42. The van der Waals surface area contributed by atoms with Crippen LogP contribution >= 0.6 is 15.9 Å². The van der Waals surface area contributed by atoms with E-state index in [1.807, 2.05) is 0 Å². The summed E-state index contributed by atoms with van der Waals surface area (Å²) < 4.78 is 10.5. The van der Waals surface area contributed by atoms with Gasteiger partial charge in [0, 0.05) is 6.20 Å². The maximum Gasteiger partial charge on any atom is 0.339 e. The number of esters is 1. The molecule has 4 nitrogen and oxygen atoms in total. The van der Waals surface area contributed by atoms with Gasteiger partial charge >= 0.3 is 5.97 Å². The van der Waals surface area contributed by atoms with E-state index in [0.717, 1.165) is 9.86 Å². The Morgan fingerprint density at radius 2 is 2.43 bits per heavy atom. The van der Waals surface area contributed by atoms with E-state index >= 15 is 0 Å². The molecule has 2 heterocycles. The van der Waals surface area contributed by atoms with Crippen LogP contribution in [0.25, 0.3) is 11.1 Å². The van der Waals surface area contributed by atoms with Crippen LogP contribution in [-0.4, -0.2) is 18.1 Å². The zero-order valence-electron chi connectivity index (χ0n) is 7.28. The van der Waals surface area contributed by atoms with Crippen LogP contribution in [0.3, 0.4) is 0 Å². The lowest BCUT2D eigenvalue weighted by molar-refractivity contribution is 0.0600. The number of hydrogen-bond acceptors (Lipinski definition) is 4. The Kier molecular flexibility index (Phi) is 2.25. The predicted octanol–water partition coefficient (Wildman–Crippen LogP) is 2.38. The van der Waals surface area contributed by atoms with Gasteiger partial charge < -0.3 is 9.15 Å². The SMILES string of the molecule is COC(=O)c1cnc2occ(Br)c2c1. The first kappa shape index (κ1) is 9.21. The van der Waals surface area contributed by atoms with E-state index in [-0.39, 0.29) is 0 Å². The maximum atomic E-state index is 11.2. The van der Waals surface area contributed by atoms with Crippen LogP contribution in [0.15, 0.2) is 27.4 Å². The molecule has 5 heteroatoms. The molecule has 0 aromatic carbocycles. The largest absolute Gasteiger partial charge is 0.465 e. The number of nitrogens with zero attached hydrogens (tertiary/aromatic N) is 1. The van der Waals surface area contributed by atoms with Crippen LogP contribution in [-0.2, 0) is 4.74 Å². The minimum absolute atomic E-state index is 0.405. The Morgan fingerprint density at radius 3 is 3.14 bits per heavy atom. The van der Waals surface area contributed by atoms with E-state index in [1.54, 1.807) is 6.07 Å². The number of halogens is 1. The van der Waals surface area contributed by atoms with Crippen molar-refractivity contribution in [3.05, 3.63) is 28.6 Å². The maximum absolute atomic E-state index is 11.2. The minimum atomic E-state index is -0.410. The van der Waals surface area contributed by atoms with Crippen LogP contribution < -0.4 is 0 Å². The topological polar surface area (TPSA) is 52.3 Å². The Hall–Kier alpha value is -1.36. The summed E-state index contributed by atoms with van der Waals surface area (Å²) in [7, 11) is 1.33. The summed E-state index contributed by atoms with van der Waals surface area (Å²) in [4.78, 5) is 15.2. The van der Waals surface area contributed by atoms with Gasteiger partial charge in [-0.3, -0.25) is 0 Å². The zero-order valence-corrected chi connectivity index (χ0v) is 8.87. The molecule has 72 valence electrons. The lowest BCUT2D eigenvalue weighted by atomic mass is 10.2. The molecule has 0 amide bonds. The summed E-state index contributed by atoms with van der Waals surface area (Å²) in [6.07, 6.45) is 2.95. The fourth-order valence-electron chi connectivity index (χ4n) is 1.12. The summed E-state index contributed by atoms with van der Waals surface area (Å²) in [5.41, 5.74) is 0.895. The lowest BCUT2D eigenvalue weighted by Gasteiger charge is -1.97. The third kappa shape index (κ3) is 1.39. The molecule has 0 spiro atoms. The van der Waals surface area contributed by atoms with E-state index in [1.165, 1.54) is 19.6 Å². The summed E-state index contributed by atoms with van der Waals surface area (Å²) in [6, 6.07) is 1.67. The van der Waals surface area contributed by atoms with Crippen LogP contribution in [0, 0.1) is 0 Å². The molecule has 0 radical (unpaired) electrons. The molecule has 2 aromatic rings. The molecule has 0 saturated heterocycles. The highest BCUT2D eigenvalue weighted by atomic mass is 79.9. The van der Waals surface area contributed by atoms with Crippen molar-refractivity contribution in [2.75, 3.05) is 7.11 Å². The first-order valence-electron chi connectivity index (χ1n) is 3.83. The van der Waals surface area contributed by atoms with Crippen molar-refractivity contribution in [3.8, 4) is 0 Å². The Bertz CT molecular complexity index is 492. The van der Waals surface area contributed by atoms with Gasteiger partial charge in [-0.25, -0.2) is 9.78 Å². The van der Waals surface area contributed by atoms with Crippen LogP contribution in [0.4, 0.5) is 0 Å². The van der Waals surface area contributed by atoms with Gasteiger partial charge in [0.15, 0.2) is 0 Å². The average Bonchev–Trinajstić information content (AvgIpc) is 2.59. The molecule has 2 aromatic heterocycles. The van der Waals surface area contributed by atoms with Gasteiger partial charge in [-0.15, -0.1) is 0 Å². The smallest absolute Gasteiger partial charge is 0.339 e. The normalized spacial score (nSPS) is 10.4. The Morgan fingerprint density at radius 1 is 1.64 bits per heavy atom. The first-order valence-corrected chi connectivity index (χ1v) is 4.62. The number of fused-ring (bicyclic) bond motifs is 1. The van der Waals surface area contributed by atoms with Crippen molar-refractivity contribution in [2.45, 2.75) is 0 Å². The minimum Gasteiger partial charge on any atom is -0.465 e. The molecule has 0 saturated carbocycles. The fourth-order valence-corrected chi connectivity index (χ4v) is 1.50. The number of ether oxygens (including phenoxy) is 1. The zero-order chi connectivity index (χ0) is 10.1. The number of hydrogen-bond donors (Lipinski definition) is 0. The Labute approximate surface area is 88.0 Å². The Balaban J connectivity index is 2.60. The fraction of sp³-hybridized carbons (Fsp3) is 0.111. The van der Waals surface area contributed by atoms with Gasteiger partial charge in [0.25, 0.3) is 0 Å². The molecule has 2 rings (SSSR count). The molecule has 0 aliphatic carbocycles. The number of rotatable bonds is 1. The highest BCUT2D eigenvalue weighted by Crippen LogP contribution is 2.25.